The number of allylic oxidation sites excluding steroid dienone is 1. The fourth-order valence-electron chi connectivity index (χ4n) is 2.88. The van der Waals surface area contributed by atoms with Gasteiger partial charge < -0.3 is 10.1 Å². The number of aromatic nitrogens is 3. The number of carbonyl (C=O) groups excluding carboxylic acids is 1. The molecule has 0 spiro atoms. The number of nitrogens with zero attached hydrogens (tertiary/aromatic N) is 3. The third-order valence-corrected chi connectivity index (χ3v) is 5.67. The van der Waals surface area contributed by atoms with E-state index in [4.69, 9.17) is 16.3 Å². The second-order valence-electron chi connectivity index (χ2n) is 6.84. The molecule has 11 heteroatoms. The van der Waals surface area contributed by atoms with E-state index in [1.807, 2.05) is 37.3 Å². The van der Waals surface area contributed by atoms with Crippen molar-refractivity contribution in [3.63, 3.8) is 0 Å². The van der Waals surface area contributed by atoms with Crippen molar-refractivity contribution in [1.29, 1.82) is 0 Å². The average Bonchev–Trinajstić information content (AvgIpc) is 3.17. The van der Waals surface area contributed by atoms with E-state index in [9.17, 15) is 18.0 Å². The summed E-state index contributed by atoms with van der Waals surface area (Å²) in [5.74, 6) is 0.562. The van der Waals surface area contributed by atoms with Crippen LogP contribution in [-0.4, -0.2) is 26.4 Å². The number of hydrogen-bond donors (Lipinski definition) is 1. The molecule has 3 rings (SSSR count). The molecule has 3 aromatic rings. The molecule has 0 bridgehead atoms. The van der Waals surface area contributed by atoms with Crippen molar-refractivity contribution in [1.82, 2.24) is 14.8 Å². The first-order valence-electron chi connectivity index (χ1n) is 9.74. The number of ether oxygens (including phenoxy) is 1. The van der Waals surface area contributed by atoms with Crippen LogP contribution in [0.5, 0.6) is 5.75 Å². The van der Waals surface area contributed by atoms with Crippen molar-refractivity contribution in [2.45, 2.75) is 30.9 Å². The van der Waals surface area contributed by atoms with E-state index < -0.39 is 23.8 Å². The third-order valence-electron chi connectivity index (χ3n) is 4.38. The van der Waals surface area contributed by atoms with Crippen LogP contribution in [0.25, 0.3) is 0 Å². The topological polar surface area (TPSA) is 69.0 Å². The largest absolute Gasteiger partial charge is 0.483 e. The molecule has 1 unspecified atom stereocenters. The second-order valence-corrected chi connectivity index (χ2v) is 8.19. The molecule has 0 radical (unpaired) electrons. The van der Waals surface area contributed by atoms with Gasteiger partial charge in [0.15, 0.2) is 17.1 Å². The fourth-order valence-corrected chi connectivity index (χ4v) is 3.80. The van der Waals surface area contributed by atoms with Gasteiger partial charge in [-0.2, -0.15) is 13.2 Å². The van der Waals surface area contributed by atoms with Gasteiger partial charge in [0.1, 0.15) is 5.75 Å². The molecule has 174 valence electrons. The molecular weight excluding hydrogens is 477 g/mol. The highest BCUT2D eigenvalue weighted by atomic mass is 35.5. The van der Waals surface area contributed by atoms with Gasteiger partial charge in [0.2, 0.25) is 5.91 Å². The maximum atomic E-state index is 12.9. The Morgan fingerprint density at radius 3 is 2.67 bits per heavy atom. The van der Waals surface area contributed by atoms with Crippen LogP contribution in [0.4, 0.5) is 18.9 Å². The molecule has 1 heterocycles. The molecule has 1 atom stereocenters. The van der Waals surface area contributed by atoms with Crippen LogP contribution >= 0.6 is 23.4 Å². The minimum absolute atomic E-state index is 0.00495. The van der Waals surface area contributed by atoms with Crippen LogP contribution < -0.4 is 10.1 Å². The summed E-state index contributed by atoms with van der Waals surface area (Å²) < 4.78 is 46.5. The van der Waals surface area contributed by atoms with Crippen molar-refractivity contribution in [2.24, 2.45) is 0 Å². The predicted octanol–water partition coefficient (Wildman–Crippen LogP) is 6.01. The monoisotopic (exact) mass is 496 g/mol. The first kappa shape index (κ1) is 24.7. The zero-order valence-corrected chi connectivity index (χ0v) is 19.0. The predicted molar refractivity (Wildman–Crippen MR) is 122 cm³/mol. The Labute approximate surface area is 197 Å². The number of hydrogen-bond acceptors (Lipinski definition) is 5. The fraction of sp³-hybridized carbons (Fsp3) is 0.227. The summed E-state index contributed by atoms with van der Waals surface area (Å²) in [6.45, 7) is 5.95. The van der Waals surface area contributed by atoms with E-state index in [1.54, 1.807) is 10.6 Å². The summed E-state index contributed by atoms with van der Waals surface area (Å²) in [6, 6.07) is 12.0. The minimum atomic E-state index is -4.55. The van der Waals surface area contributed by atoms with E-state index in [1.165, 1.54) is 0 Å². The number of nitrogens with one attached hydrogen (secondary N) is 1. The zero-order valence-electron chi connectivity index (χ0n) is 17.5. The van der Waals surface area contributed by atoms with E-state index in [0.29, 0.717) is 23.3 Å². The number of amides is 1. The molecule has 0 fully saturated rings. The standard InChI is InChI=1S/C22H20ClF3N4O2S/c1-3-11-30-20(14(2)32-16-7-5-4-6-8-16)28-29-21(30)33-13-19(31)27-18-12-15(22(24,25)26)9-10-17(18)23/h3-10,12,14H,1,11,13H2,2H3,(H,27,31). The van der Waals surface area contributed by atoms with Gasteiger partial charge in [-0.05, 0) is 37.3 Å². The lowest BCUT2D eigenvalue weighted by Gasteiger charge is -2.15. The lowest BCUT2D eigenvalue weighted by Crippen LogP contribution is -2.16. The number of carbonyl (C=O) groups is 1. The van der Waals surface area contributed by atoms with Crippen LogP contribution in [0.2, 0.25) is 5.02 Å². The van der Waals surface area contributed by atoms with E-state index in [0.717, 1.165) is 30.0 Å². The van der Waals surface area contributed by atoms with Gasteiger partial charge in [0, 0.05) is 6.54 Å². The molecule has 1 aromatic heterocycles. The summed E-state index contributed by atoms with van der Waals surface area (Å²) in [5, 5.41) is 11.2. The third kappa shape index (κ3) is 6.52. The maximum Gasteiger partial charge on any atom is 0.416 e. The smallest absolute Gasteiger partial charge is 0.416 e. The van der Waals surface area contributed by atoms with Gasteiger partial charge in [-0.3, -0.25) is 9.36 Å². The molecule has 1 amide bonds. The van der Waals surface area contributed by atoms with Crippen LogP contribution in [-0.2, 0) is 17.5 Å². The molecule has 33 heavy (non-hydrogen) atoms. The summed E-state index contributed by atoms with van der Waals surface area (Å²) in [4.78, 5) is 12.4. The van der Waals surface area contributed by atoms with Gasteiger partial charge in [-0.1, -0.05) is 47.6 Å². The van der Waals surface area contributed by atoms with Crippen molar-refractivity contribution in [3.05, 3.63) is 77.6 Å². The Kier molecular flexibility index (Phi) is 8.04. The Morgan fingerprint density at radius 2 is 2.00 bits per heavy atom. The lowest BCUT2D eigenvalue weighted by molar-refractivity contribution is -0.137. The number of para-hydroxylation sites is 1. The molecule has 6 nitrogen and oxygen atoms in total. The molecule has 2 aromatic carbocycles. The van der Waals surface area contributed by atoms with Crippen molar-refractivity contribution in [2.75, 3.05) is 11.1 Å². The number of anilines is 1. The summed E-state index contributed by atoms with van der Waals surface area (Å²) in [6.07, 6.45) is -3.31. The first-order valence-corrected chi connectivity index (χ1v) is 11.1. The SMILES string of the molecule is C=CCn1c(SCC(=O)Nc2cc(C(F)(F)F)ccc2Cl)nnc1C(C)Oc1ccccc1. The van der Waals surface area contributed by atoms with E-state index in [-0.39, 0.29) is 16.5 Å². The van der Waals surface area contributed by atoms with E-state index in [2.05, 4.69) is 22.1 Å². The van der Waals surface area contributed by atoms with Crippen LogP contribution in [0.3, 0.4) is 0 Å². The molecule has 0 saturated heterocycles. The van der Waals surface area contributed by atoms with Gasteiger partial charge in [0.05, 0.1) is 22.0 Å². The Bertz CT molecular complexity index is 1120. The molecule has 0 aliphatic carbocycles. The van der Waals surface area contributed by atoms with Crippen molar-refractivity contribution >= 4 is 35.0 Å². The summed E-state index contributed by atoms with van der Waals surface area (Å²) in [7, 11) is 0. The molecule has 0 aliphatic heterocycles. The van der Waals surface area contributed by atoms with Crippen molar-refractivity contribution < 1.29 is 22.7 Å². The van der Waals surface area contributed by atoms with Gasteiger partial charge >= 0.3 is 6.18 Å². The highest BCUT2D eigenvalue weighted by Gasteiger charge is 2.31. The van der Waals surface area contributed by atoms with Crippen molar-refractivity contribution in [3.8, 4) is 5.75 Å². The zero-order chi connectivity index (χ0) is 24.0. The van der Waals surface area contributed by atoms with E-state index >= 15 is 0 Å². The quantitative estimate of drug-likeness (QED) is 0.290. The molecule has 0 saturated carbocycles. The second kappa shape index (κ2) is 10.8. The van der Waals surface area contributed by atoms with Crippen LogP contribution in [0, 0.1) is 0 Å². The first-order chi connectivity index (χ1) is 15.7. The Morgan fingerprint density at radius 1 is 1.27 bits per heavy atom. The van der Waals surface area contributed by atoms with Crippen LogP contribution in [0.1, 0.15) is 24.4 Å². The normalized spacial score (nSPS) is 12.3. The van der Waals surface area contributed by atoms with Gasteiger partial charge in [-0.15, -0.1) is 16.8 Å². The Balaban J connectivity index is 1.69. The molecule has 0 aliphatic rings. The molecule has 1 N–H and O–H groups in total. The van der Waals surface area contributed by atoms with Crippen LogP contribution in [0.15, 0.2) is 66.3 Å². The number of halogens is 4. The van der Waals surface area contributed by atoms with Gasteiger partial charge in [-0.25, -0.2) is 0 Å². The van der Waals surface area contributed by atoms with Gasteiger partial charge in [0.25, 0.3) is 0 Å². The summed E-state index contributed by atoms with van der Waals surface area (Å²) >= 11 is 7.02. The highest BCUT2D eigenvalue weighted by Crippen LogP contribution is 2.34. The number of thioether (sulfide) groups is 1. The summed E-state index contributed by atoms with van der Waals surface area (Å²) in [5.41, 5.74) is -1.02. The average molecular weight is 497 g/mol. The molecular formula is C22H20ClF3N4O2S. The number of rotatable bonds is 9. The maximum absolute atomic E-state index is 12.9. The Hall–Kier alpha value is -2.98. The lowest BCUT2D eigenvalue weighted by atomic mass is 10.2. The minimum Gasteiger partial charge on any atom is -0.483 e. The number of benzene rings is 2. The number of alkyl halides is 3. The highest BCUT2D eigenvalue weighted by molar-refractivity contribution is 7.99.